The lowest BCUT2D eigenvalue weighted by molar-refractivity contribution is -0.137. The summed E-state index contributed by atoms with van der Waals surface area (Å²) in [7, 11) is 0. The summed E-state index contributed by atoms with van der Waals surface area (Å²) in [5.74, 6) is -0.844. The summed E-state index contributed by atoms with van der Waals surface area (Å²) in [6, 6.07) is 5.22. The molecule has 0 radical (unpaired) electrons. The Hall–Kier alpha value is -1.47. The summed E-state index contributed by atoms with van der Waals surface area (Å²) >= 11 is 0. The Morgan fingerprint density at radius 3 is 2.37 bits per heavy atom. The second-order valence-electron chi connectivity index (χ2n) is 4.47. The van der Waals surface area contributed by atoms with Crippen molar-refractivity contribution in [1.29, 1.82) is 0 Å². The van der Waals surface area contributed by atoms with E-state index in [0.717, 1.165) is 11.1 Å². The molecule has 0 unspecified atom stereocenters. The number of carbonyl (C=O) groups is 1. The van der Waals surface area contributed by atoms with Crippen LogP contribution >= 0.6 is 0 Å². The highest BCUT2D eigenvalue weighted by Gasteiger charge is 2.29. The van der Waals surface area contributed by atoms with E-state index in [1.54, 1.807) is 12.1 Å². The molecular formula is C13H19NO5. The van der Waals surface area contributed by atoms with Gasteiger partial charge in [-0.25, -0.2) is 0 Å². The summed E-state index contributed by atoms with van der Waals surface area (Å²) in [5.41, 5.74) is 2.52. The van der Waals surface area contributed by atoms with Crippen molar-refractivity contribution < 1.29 is 25.2 Å². The fourth-order valence-corrected chi connectivity index (χ4v) is 1.51. The van der Waals surface area contributed by atoms with Crippen molar-refractivity contribution in [3.63, 3.8) is 0 Å². The Morgan fingerprint density at radius 1 is 1.21 bits per heavy atom. The van der Waals surface area contributed by atoms with Crippen LogP contribution in [0.2, 0.25) is 0 Å². The van der Waals surface area contributed by atoms with Gasteiger partial charge in [-0.1, -0.05) is 6.07 Å². The van der Waals surface area contributed by atoms with Crippen molar-refractivity contribution in [3.05, 3.63) is 29.3 Å². The number of hydrogen-bond donors (Lipinski definition) is 5. The van der Waals surface area contributed by atoms with E-state index in [4.69, 9.17) is 10.2 Å². The van der Waals surface area contributed by atoms with Crippen LogP contribution in [0.3, 0.4) is 0 Å². The highest BCUT2D eigenvalue weighted by Crippen LogP contribution is 2.15. The molecule has 0 aliphatic heterocycles. The molecule has 0 spiro atoms. The zero-order valence-corrected chi connectivity index (χ0v) is 10.9. The number of rotatable bonds is 5. The maximum absolute atomic E-state index is 11.7. The number of amides is 1. The van der Waals surface area contributed by atoms with Gasteiger partial charge in [-0.3, -0.25) is 4.79 Å². The monoisotopic (exact) mass is 269 g/mol. The number of aliphatic hydroxyl groups is 4. The number of hydrogen-bond acceptors (Lipinski definition) is 5. The van der Waals surface area contributed by atoms with Crippen LogP contribution in [0, 0.1) is 13.8 Å². The van der Waals surface area contributed by atoms with Gasteiger partial charge in [0.2, 0.25) is 0 Å². The molecule has 3 atom stereocenters. The standard InChI is InChI=1S/C13H19NO5/c1-7-3-4-9(5-8(7)2)14-13(19)12(18)11(17)10(16)6-15/h3-5,10-12,15-18H,6H2,1-2H3,(H,14,19)/t10-,11+,12-/m1/s1. The van der Waals surface area contributed by atoms with E-state index in [-0.39, 0.29) is 0 Å². The molecular weight excluding hydrogens is 250 g/mol. The lowest BCUT2D eigenvalue weighted by Crippen LogP contribution is -2.46. The molecule has 6 nitrogen and oxygen atoms in total. The molecule has 19 heavy (non-hydrogen) atoms. The van der Waals surface area contributed by atoms with Gasteiger partial charge in [-0.2, -0.15) is 0 Å². The molecule has 0 heterocycles. The number of aliphatic hydroxyl groups excluding tert-OH is 4. The van der Waals surface area contributed by atoms with Gasteiger partial charge < -0.3 is 25.7 Å². The van der Waals surface area contributed by atoms with Crippen molar-refractivity contribution in [2.75, 3.05) is 11.9 Å². The van der Waals surface area contributed by atoms with E-state index in [2.05, 4.69) is 5.32 Å². The van der Waals surface area contributed by atoms with Gasteiger partial charge in [0.25, 0.3) is 5.91 Å². The topological polar surface area (TPSA) is 110 Å². The largest absolute Gasteiger partial charge is 0.394 e. The predicted octanol–water partition coefficient (Wildman–Crippen LogP) is -0.683. The molecule has 0 fully saturated rings. The molecule has 1 amide bonds. The van der Waals surface area contributed by atoms with Crippen LogP contribution < -0.4 is 5.32 Å². The van der Waals surface area contributed by atoms with Gasteiger partial charge in [0.05, 0.1) is 6.61 Å². The molecule has 0 aromatic heterocycles. The Kier molecular flexibility index (Phi) is 5.44. The van der Waals surface area contributed by atoms with Crippen LogP contribution in [0.25, 0.3) is 0 Å². The van der Waals surface area contributed by atoms with Gasteiger partial charge in [0.15, 0.2) is 6.10 Å². The van der Waals surface area contributed by atoms with Gasteiger partial charge in [-0.15, -0.1) is 0 Å². The van der Waals surface area contributed by atoms with Crippen molar-refractivity contribution in [2.24, 2.45) is 0 Å². The van der Waals surface area contributed by atoms with Gasteiger partial charge in [0.1, 0.15) is 12.2 Å². The summed E-state index contributed by atoms with van der Waals surface area (Å²) in [4.78, 5) is 11.7. The highest BCUT2D eigenvalue weighted by atomic mass is 16.4. The minimum Gasteiger partial charge on any atom is -0.394 e. The minimum atomic E-state index is -1.82. The molecule has 0 aliphatic rings. The molecule has 0 saturated carbocycles. The van der Waals surface area contributed by atoms with Crippen LogP contribution in [0.15, 0.2) is 18.2 Å². The Bertz CT molecular complexity index is 449. The van der Waals surface area contributed by atoms with Crippen LogP contribution in [-0.2, 0) is 4.79 Å². The molecule has 0 aliphatic carbocycles. The van der Waals surface area contributed by atoms with Gasteiger partial charge >= 0.3 is 0 Å². The minimum absolute atomic E-state index is 0.484. The first kappa shape index (κ1) is 15.6. The highest BCUT2D eigenvalue weighted by molar-refractivity contribution is 5.94. The normalized spacial score (nSPS) is 15.7. The fourth-order valence-electron chi connectivity index (χ4n) is 1.51. The molecule has 6 heteroatoms. The number of nitrogens with one attached hydrogen (secondary N) is 1. The predicted molar refractivity (Wildman–Crippen MR) is 69.7 cm³/mol. The molecule has 0 bridgehead atoms. The van der Waals surface area contributed by atoms with Gasteiger partial charge in [0, 0.05) is 5.69 Å². The Balaban J connectivity index is 2.71. The zero-order chi connectivity index (χ0) is 14.6. The maximum Gasteiger partial charge on any atom is 0.256 e. The van der Waals surface area contributed by atoms with E-state index in [1.165, 1.54) is 0 Å². The van der Waals surface area contributed by atoms with E-state index in [0.29, 0.717) is 5.69 Å². The first-order valence-electron chi connectivity index (χ1n) is 5.90. The first-order valence-corrected chi connectivity index (χ1v) is 5.90. The molecule has 106 valence electrons. The van der Waals surface area contributed by atoms with E-state index in [1.807, 2.05) is 19.9 Å². The molecule has 0 saturated heterocycles. The quantitative estimate of drug-likeness (QED) is 0.486. The van der Waals surface area contributed by atoms with Crippen molar-refractivity contribution in [2.45, 2.75) is 32.2 Å². The summed E-state index contributed by atoms with van der Waals surface area (Å²) in [6.45, 7) is 3.07. The van der Waals surface area contributed by atoms with Crippen LogP contribution in [0.1, 0.15) is 11.1 Å². The van der Waals surface area contributed by atoms with E-state index < -0.39 is 30.8 Å². The number of carbonyl (C=O) groups excluding carboxylic acids is 1. The zero-order valence-electron chi connectivity index (χ0n) is 10.9. The summed E-state index contributed by atoms with van der Waals surface area (Å²) in [5, 5.41) is 39.2. The molecule has 5 N–H and O–H groups in total. The fraction of sp³-hybridized carbons (Fsp3) is 0.462. The Labute approximate surface area is 111 Å². The first-order chi connectivity index (χ1) is 8.86. The van der Waals surface area contributed by atoms with Crippen molar-refractivity contribution >= 4 is 11.6 Å². The number of aryl methyl sites for hydroxylation is 2. The van der Waals surface area contributed by atoms with Gasteiger partial charge in [-0.05, 0) is 37.1 Å². The van der Waals surface area contributed by atoms with Crippen molar-refractivity contribution in [1.82, 2.24) is 0 Å². The lowest BCUT2D eigenvalue weighted by atomic mass is 10.1. The average Bonchev–Trinajstić information content (AvgIpc) is 2.40. The second kappa shape index (κ2) is 6.63. The molecule has 1 aromatic carbocycles. The third-order valence-corrected chi connectivity index (χ3v) is 2.95. The van der Waals surface area contributed by atoms with Crippen LogP contribution in [0.5, 0.6) is 0 Å². The smallest absolute Gasteiger partial charge is 0.256 e. The number of anilines is 1. The van der Waals surface area contributed by atoms with E-state index >= 15 is 0 Å². The molecule has 1 rings (SSSR count). The maximum atomic E-state index is 11.7. The molecule has 1 aromatic rings. The summed E-state index contributed by atoms with van der Waals surface area (Å²) in [6.07, 6.45) is -5.12. The third-order valence-electron chi connectivity index (χ3n) is 2.95. The SMILES string of the molecule is Cc1ccc(NC(=O)[C@H](O)[C@@H](O)[C@H](O)CO)cc1C. The third kappa shape index (κ3) is 4.00. The van der Waals surface area contributed by atoms with Crippen molar-refractivity contribution in [3.8, 4) is 0 Å². The van der Waals surface area contributed by atoms with Crippen LogP contribution in [0.4, 0.5) is 5.69 Å². The Morgan fingerprint density at radius 2 is 1.84 bits per heavy atom. The van der Waals surface area contributed by atoms with Crippen LogP contribution in [-0.4, -0.2) is 51.3 Å². The average molecular weight is 269 g/mol. The lowest BCUT2D eigenvalue weighted by Gasteiger charge is -2.21. The van der Waals surface area contributed by atoms with E-state index in [9.17, 15) is 15.0 Å². The summed E-state index contributed by atoms with van der Waals surface area (Å²) < 4.78 is 0. The second-order valence-corrected chi connectivity index (χ2v) is 4.47. The number of benzene rings is 1.